The van der Waals surface area contributed by atoms with Crippen LogP contribution in [0.1, 0.15) is 32.0 Å². The van der Waals surface area contributed by atoms with Crippen LogP contribution in [0.25, 0.3) is 11.5 Å². The maximum atomic E-state index is 13.6. The van der Waals surface area contributed by atoms with Gasteiger partial charge < -0.3 is 9.88 Å². The second-order valence-corrected chi connectivity index (χ2v) is 7.82. The van der Waals surface area contributed by atoms with E-state index < -0.39 is 0 Å². The summed E-state index contributed by atoms with van der Waals surface area (Å²) in [6, 6.07) is 29.5. The van der Waals surface area contributed by atoms with Crippen LogP contribution in [0.3, 0.4) is 0 Å². The molecule has 0 saturated heterocycles. The Hall–Kier alpha value is -4.71. The molecule has 5 aromatic rings. The number of anilines is 1. The number of aryl methyl sites for hydroxylation is 1. The first-order chi connectivity index (χ1) is 16.6. The zero-order chi connectivity index (χ0) is 23.5. The van der Waals surface area contributed by atoms with Gasteiger partial charge in [-0.2, -0.15) is 5.10 Å². The topological polar surface area (TPSA) is 68.9 Å². The van der Waals surface area contributed by atoms with Crippen LogP contribution in [0, 0.1) is 6.92 Å². The smallest absolute Gasteiger partial charge is 0.261 e. The molecule has 6 heteroatoms. The number of rotatable bonds is 6. The molecule has 166 valence electrons. The zero-order valence-electron chi connectivity index (χ0n) is 18.6. The number of nitrogens with one attached hydrogen (secondary N) is 1. The van der Waals surface area contributed by atoms with Crippen molar-refractivity contribution in [1.29, 1.82) is 0 Å². The van der Waals surface area contributed by atoms with Crippen LogP contribution in [0.2, 0.25) is 0 Å². The quantitative estimate of drug-likeness (QED) is 0.353. The summed E-state index contributed by atoms with van der Waals surface area (Å²) in [5.74, 6) is 0.133. The Kier molecular flexibility index (Phi) is 5.62. The Balaban J connectivity index is 1.57. The van der Waals surface area contributed by atoms with Gasteiger partial charge >= 0.3 is 0 Å². The lowest BCUT2D eigenvalue weighted by molar-refractivity contribution is 0.102. The highest BCUT2D eigenvalue weighted by Crippen LogP contribution is 2.26. The predicted octanol–water partition coefficient (Wildman–Crippen LogP) is 5.45. The van der Waals surface area contributed by atoms with Gasteiger partial charge in [-0.05, 0) is 43.3 Å². The Bertz CT molecular complexity index is 1450. The lowest BCUT2D eigenvalue weighted by atomic mass is 10.0. The first-order valence-corrected chi connectivity index (χ1v) is 10.9. The summed E-state index contributed by atoms with van der Waals surface area (Å²) in [4.78, 5) is 26.7. The van der Waals surface area contributed by atoms with Crippen LogP contribution in [0.5, 0.6) is 0 Å². The third-order valence-electron chi connectivity index (χ3n) is 5.57. The highest BCUT2D eigenvalue weighted by atomic mass is 16.2. The molecule has 0 aliphatic heterocycles. The minimum absolute atomic E-state index is 0.154. The van der Waals surface area contributed by atoms with Gasteiger partial charge in [-0.3, -0.25) is 9.59 Å². The minimum atomic E-state index is -0.336. The third-order valence-corrected chi connectivity index (χ3v) is 5.57. The van der Waals surface area contributed by atoms with Crippen molar-refractivity contribution < 1.29 is 9.59 Å². The number of amides is 1. The van der Waals surface area contributed by atoms with E-state index in [2.05, 4.69) is 10.4 Å². The molecule has 34 heavy (non-hydrogen) atoms. The molecule has 1 amide bonds. The molecule has 2 aromatic heterocycles. The molecule has 5 rings (SSSR count). The molecule has 0 radical (unpaired) electrons. The standard InChI is InChI=1S/C28H22N4O2/c1-20-25(28(31-18-10-11-19-31)32(30-20)22-14-6-3-7-15-22)27(34)29-24-17-9-8-16-23(24)26(33)21-12-4-2-5-13-21/h2-19H,1H3,(H,29,34). The van der Waals surface area contributed by atoms with Gasteiger partial charge in [0.25, 0.3) is 5.91 Å². The van der Waals surface area contributed by atoms with Gasteiger partial charge in [-0.15, -0.1) is 0 Å². The maximum absolute atomic E-state index is 13.6. The van der Waals surface area contributed by atoms with E-state index in [0.717, 1.165) is 5.69 Å². The Morgan fingerprint density at radius 3 is 2.09 bits per heavy atom. The number of ketones is 1. The average molecular weight is 447 g/mol. The summed E-state index contributed by atoms with van der Waals surface area (Å²) in [6.07, 6.45) is 3.75. The fraction of sp³-hybridized carbons (Fsp3) is 0.0357. The first-order valence-electron chi connectivity index (χ1n) is 10.9. The molecule has 1 N–H and O–H groups in total. The molecular weight excluding hydrogens is 424 g/mol. The molecule has 0 saturated carbocycles. The van der Waals surface area contributed by atoms with Gasteiger partial charge in [-0.1, -0.05) is 60.7 Å². The van der Waals surface area contributed by atoms with Crippen molar-refractivity contribution in [2.45, 2.75) is 6.92 Å². The Morgan fingerprint density at radius 1 is 0.765 bits per heavy atom. The van der Waals surface area contributed by atoms with Crippen molar-refractivity contribution in [3.63, 3.8) is 0 Å². The molecule has 0 fully saturated rings. The van der Waals surface area contributed by atoms with Crippen LogP contribution in [-0.2, 0) is 0 Å². The van der Waals surface area contributed by atoms with E-state index in [4.69, 9.17) is 0 Å². The number of carbonyl (C=O) groups excluding carboxylic acids is 2. The number of nitrogens with zero attached hydrogens (tertiary/aromatic N) is 3. The molecular formula is C28H22N4O2. The number of benzene rings is 3. The summed E-state index contributed by atoms with van der Waals surface area (Å²) in [5.41, 5.74) is 3.29. The maximum Gasteiger partial charge on any atom is 0.261 e. The lowest BCUT2D eigenvalue weighted by Crippen LogP contribution is -2.18. The second kappa shape index (κ2) is 9.03. The summed E-state index contributed by atoms with van der Waals surface area (Å²) >= 11 is 0. The molecule has 0 unspecified atom stereocenters. The highest BCUT2D eigenvalue weighted by molar-refractivity contribution is 6.16. The molecule has 2 heterocycles. The molecule has 6 nitrogen and oxygen atoms in total. The fourth-order valence-corrected chi connectivity index (χ4v) is 3.96. The van der Waals surface area contributed by atoms with Crippen molar-refractivity contribution in [3.8, 4) is 11.5 Å². The van der Waals surface area contributed by atoms with Gasteiger partial charge in [0.05, 0.1) is 17.1 Å². The fourth-order valence-electron chi connectivity index (χ4n) is 3.96. The van der Waals surface area contributed by atoms with Crippen molar-refractivity contribution in [2.75, 3.05) is 5.32 Å². The zero-order valence-corrected chi connectivity index (χ0v) is 18.6. The minimum Gasteiger partial charge on any atom is -0.321 e. The second-order valence-electron chi connectivity index (χ2n) is 7.82. The van der Waals surface area contributed by atoms with E-state index in [9.17, 15) is 9.59 Å². The van der Waals surface area contributed by atoms with Crippen molar-refractivity contribution in [1.82, 2.24) is 14.3 Å². The lowest BCUT2D eigenvalue weighted by Gasteiger charge is -2.13. The highest BCUT2D eigenvalue weighted by Gasteiger charge is 2.25. The molecule has 0 bridgehead atoms. The van der Waals surface area contributed by atoms with Crippen LogP contribution < -0.4 is 5.32 Å². The SMILES string of the molecule is Cc1nn(-c2ccccc2)c(-n2cccc2)c1C(=O)Nc1ccccc1C(=O)c1ccccc1. The number of hydrogen-bond acceptors (Lipinski definition) is 3. The van der Waals surface area contributed by atoms with E-state index >= 15 is 0 Å². The largest absolute Gasteiger partial charge is 0.321 e. The molecule has 3 aromatic carbocycles. The summed E-state index contributed by atoms with van der Waals surface area (Å²) in [6.45, 7) is 1.81. The molecule has 0 spiro atoms. The third kappa shape index (κ3) is 3.93. The van der Waals surface area contributed by atoms with Crippen LogP contribution in [-0.4, -0.2) is 26.0 Å². The Labute approximate surface area is 197 Å². The molecule has 0 aliphatic rings. The van der Waals surface area contributed by atoms with Crippen LogP contribution >= 0.6 is 0 Å². The van der Waals surface area contributed by atoms with Crippen LogP contribution in [0.15, 0.2) is 109 Å². The average Bonchev–Trinajstić information content (AvgIpc) is 3.53. The Morgan fingerprint density at radius 2 is 1.38 bits per heavy atom. The van der Waals surface area contributed by atoms with Crippen molar-refractivity contribution in [2.24, 2.45) is 0 Å². The van der Waals surface area contributed by atoms with Crippen molar-refractivity contribution in [3.05, 3.63) is 132 Å². The number of aromatic nitrogens is 3. The van der Waals surface area contributed by atoms with Crippen LogP contribution in [0.4, 0.5) is 5.69 Å². The predicted molar refractivity (Wildman–Crippen MR) is 132 cm³/mol. The monoisotopic (exact) mass is 446 g/mol. The van der Waals surface area contributed by atoms with E-state index in [-0.39, 0.29) is 11.7 Å². The van der Waals surface area contributed by atoms with Gasteiger partial charge in [0.1, 0.15) is 5.56 Å². The van der Waals surface area contributed by atoms with E-state index in [1.807, 2.05) is 84.5 Å². The summed E-state index contributed by atoms with van der Waals surface area (Å²) < 4.78 is 3.62. The molecule has 0 aliphatic carbocycles. The van der Waals surface area contributed by atoms with Gasteiger partial charge in [0.2, 0.25) is 0 Å². The van der Waals surface area contributed by atoms with E-state index in [0.29, 0.717) is 33.9 Å². The van der Waals surface area contributed by atoms with Gasteiger partial charge in [0.15, 0.2) is 11.6 Å². The first kappa shape index (κ1) is 21.2. The number of carbonyl (C=O) groups is 2. The normalized spacial score (nSPS) is 10.7. The number of hydrogen-bond donors (Lipinski definition) is 1. The summed E-state index contributed by atoms with van der Waals surface area (Å²) in [5, 5.41) is 7.63. The number of para-hydroxylation sites is 2. The molecule has 0 atom stereocenters. The van der Waals surface area contributed by atoms with E-state index in [1.165, 1.54) is 0 Å². The van der Waals surface area contributed by atoms with Gasteiger partial charge in [-0.25, -0.2) is 4.68 Å². The van der Waals surface area contributed by atoms with E-state index in [1.54, 1.807) is 41.1 Å². The van der Waals surface area contributed by atoms with Crippen molar-refractivity contribution >= 4 is 17.4 Å². The summed E-state index contributed by atoms with van der Waals surface area (Å²) in [7, 11) is 0. The van der Waals surface area contributed by atoms with Gasteiger partial charge in [0, 0.05) is 23.5 Å².